The number of aliphatic carboxylic acids is 1. The summed E-state index contributed by atoms with van der Waals surface area (Å²) in [5.41, 5.74) is 0. The number of piperazine rings is 1. The van der Waals surface area contributed by atoms with Crippen LogP contribution < -0.4 is 5.32 Å². The molecule has 1 unspecified atom stereocenters. The molecule has 7 heteroatoms. The fourth-order valence-electron chi connectivity index (χ4n) is 1.48. The van der Waals surface area contributed by atoms with Gasteiger partial charge in [-0.1, -0.05) is 0 Å². The van der Waals surface area contributed by atoms with E-state index in [0.717, 1.165) is 0 Å². The third-order valence-corrected chi connectivity index (χ3v) is 4.63. The molecule has 0 aromatic rings. The van der Waals surface area contributed by atoms with Gasteiger partial charge >= 0.3 is 5.97 Å². The number of rotatable bonds is 3. The van der Waals surface area contributed by atoms with Crippen molar-refractivity contribution in [2.45, 2.75) is 25.1 Å². The van der Waals surface area contributed by atoms with E-state index in [1.54, 1.807) is 0 Å². The zero-order valence-electron chi connectivity index (χ0n) is 8.80. The van der Waals surface area contributed by atoms with Gasteiger partial charge in [0.2, 0.25) is 10.0 Å². The number of sulfonamides is 1. The quantitative estimate of drug-likeness (QED) is 0.662. The van der Waals surface area contributed by atoms with Crippen LogP contribution in [0.25, 0.3) is 0 Å². The second-order valence-corrected chi connectivity index (χ2v) is 5.99. The molecule has 15 heavy (non-hydrogen) atoms. The van der Waals surface area contributed by atoms with Gasteiger partial charge < -0.3 is 10.4 Å². The maximum atomic E-state index is 11.8. The lowest BCUT2D eigenvalue weighted by Gasteiger charge is -2.32. The van der Waals surface area contributed by atoms with Gasteiger partial charge in [0.25, 0.3) is 0 Å². The SMILES string of the molecule is CC(C(=O)O)S(=O)(=O)N1CCN[C@H](C)C1. The van der Waals surface area contributed by atoms with Crippen LogP contribution in [0.3, 0.4) is 0 Å². The molecule has 0 aromatic carbocycles. The van der Waals surface area contributed by atoms with Crippen LogP contribution in [0.2, 0.25) is 0 Å². The summed E-state index contributed by atoms with van der Waals surface area (Å²) in [5.74, 6) is -1.30. The van der Waals surface area contributed by atoms with E-state index in [0.29, 0.717) is 19.6 Å². The van der Waals surface area contributed by atoms with Gasteiger partial charge in [-0.25, -0.2) is 8.42 Å². The Labute approximate surface area is 89.3 Å². The summed E-state index contributed by atoms with van der Waals surface area (Å²) >= 11 is 0. The molecule has 2 atom stereocenters. The van der Waals surface area contributed by atoms with E-state index in [4.69, 9.17) is 5.11 Å². The smallest absolute Gasteiger partial charge is 0.323 e. The second kappa shape index (κ2) is 4.46. The highest BCUT2D eigenvalue weighted by molar-refractivity contribution is 7.90. The van der Waals surface area contributed by atoms with E-state index in [1.165, 1.54) is 11.2 Å². The van der Waals surface area contributed by atoms with E-state index in [1.807, 2.05) is 6.92 Å². The molecule has 1 heterocycles. The molecule has 1 aliphatic rings. The van der Waals surface area contributed by atoms with E-state index in [9.17, 15) is 13.2 Å². The maximum absolute atomic E-state index is 11.8. The Kier molecular flexibility index (Phi) is 3.69. The zero-order valence-corrected chi connectivity index (χ0v) is 9.62. The van der Waals surface area contributed by atoms with Crippen molar-refractivity contribution in [3.8, 4) is 0 Å². The van der Waals surface area contributed by atoms with Crippen molar-refractivity contribution in [2.75, 3.05) is 19.6 Å². The van der Waals surface area contributed by atoms with Crippen molar-refractivity contribution in [1.29, 1.82) is 0 Å². The lowest BCUT2D eigenvalue weighted by Crippen LogP contribution is -2.54. The topological polar surface area (TPSA) is 86.7 Å². The van der Waals surface area contributed by atoms with Crippen LogP contribution in [0, 0.1) is 0 Å². The number of carboxylic acid groups (broad SMARTS) is 1. The van der Waals surface area contributed by atoms with Gasteiger partial charge in [0, 0.05) is 25.7 Å². The minimum atomic E-state index is -3.70. The first kappa shape index (κ1) is 12.4. The number of carbonyl (C=O) groups is 1. The molecule has 0 aliphatic carbocycles. The van der Waals surface area contributed by atoms with Crippen LogP contribution in [0.1, 0.15) is 13.8 Å². The molecule has 0 radical (unpaired) electrons. The van der Waals surface area contributed by atoms with Gasteiger partial charge in [-0.15, -0.1) is 0 Å². The molecular formula is C8H16N2O4S. The van der Waals surface area contributed by atoms with Crippen molar-refractivity contribution < 1.29 is 18.3 Å². The Morgan fingerprint density at radius 3 is 2.67 bits per heavy atom. The first-order valence-corrected chi connectivity index (χ1v) is 6.31. The lowest BCUT2D eigenvalue weighted by molar-refractivity contribution is -0.136. The fourth-order valence-corrected chi connectivity index (χ4v) is 2.96. The van der Waals surface area contributed by atoms with E-state index in [2.05, 4.69) is 5.32 Å². The molecule has 0 spiro atoms. The number of hydrogen-bond donors (Lipinski definition) is 2. The average molecular weight is 236 g/mol. The van der Waals surface area contributed by atoms with Crippen LogP contribution in [0.4, 0.5) is 0 Å². The number of carboxylic acids is 1. The fraction of sp³-hybridized carbons (Fsp3) is 0.875. The van der Waals surface area contributed by atoms with E-state index >= 15 is 0 Å². The molecule has 0 amide bonds. The van der Waals surface area contributed by atoms with Gasteiger partial charge in [-0.05, 0) is 13.8 Å². The molecular weight excluding hydrogens is 220 g/mol. The summed E-state index contributed by atoms with van der Waals surface area (Å²) in [4.78, 5) is 10.6. The van der Waals surface area contributed by atoms with Crippen LogP contribution in [-0.2, 0) is 14.8 Å². The van der Waals surface area contributed by atoms with Crippen LogP contribution in [-0.4, -0.2) is 54.7 Å². The van der Waals surface area contributed by atoms with Crippen molar-refractivity contribution in [2.24, 2.45) is 0 Å². The number of nitrogens with one attached hydrogen (secondary N) is 1. The molecule has 6 nitrogen and oxygen atoms in total. The lowest BCUT2D eigenvalue weighted by atomic mass is 10.3. The van der Waals surface area contributed by atoms with Crippen molar-refractivity contribution in [3.63, 3.8) is 0 Å². The first-order valence-electron chi connectivity index (χ1n) is 4.81. The monoisotopic (exact) mass is 236 g/mol. The first-order chi connectivity index (χ1) is 6.85. The number of nitrogens with zero attached hydrogens (tertiary/aromatic N) is 1. The normalized spacial score (nSPS) is 26.1. The summed E-state index contributed by atoms with van der Waals surface area (Å²) < 4.78 is 24.8. The average Bonchev–Trinajstić information content (AvgIpc) is 2.16. The number of hydrogen-bond acceptors (Lipinski definition) is 4. The third kappa shape index (κ3) is 2.67. The standard InChI is InChI=1S/C8H16N2O4S/c1-6-5-10(4-3-9-6)15(13,14)7(2)8(11)12/h6-7,9H,3-5H2,1-2H3,(H,11,12)/t6-,7?/m1/s1. The summed E-state index contributed by atoms with van der Waals surface area (Å²) in [5, 5.41) is 10.4. The summed E-state index contributed by atoms with van der Waals surface area (Å²) in [7, 11) is -3.70. The molecule has 1 rings (SSSR count). The van der Waals surface area contributed by atoms with Crippen LogP contribution >= 0.6 is 0 Å². The van der Waals surface area contributed by atoms with Gasteiger partial charge in [0.15, 0.2) is 5.25 Å². The minimum Gasteiger partial charge on any atom is -0.480 e. The van der Waals surface area contributed by atoms with Crippen LogP contribution in [0.15, 0.2) is 0 Å². The zero-order chi connectivity index (χ0) is 11.6. The largest absolute Gasteiger partial charge is 0.480 e. The molecule has 1 aliphatic heterocycles. The van der Waals surface area contributed by atoms with E-state index in [-0.39, 0.29) is 6.04 Å². The summed E-state index contributed by atoms with van der Waals surface area (Å²) in [6.45, 7) is 4.30. The summed E-state index contributed by atoms with van der Waals surface area (Å²) in [6.07, 6.45) is 0. The van der Waals surface area contributed by atoms with E-state index < -0.39 is 21.2 Å². The molecule has 0 saturated carbocycles. The molecule has 88 valence electrons. The molecule has 1 fully saturated rings. The van der Waals surface area contributed by atoms with Gasteiger partial charge in [-0.3, -0.25) is 4.79 Å². The molecule has 1 saturated heterocycles. The van der Waals surface area contributed by atoms with Crippen molar-refractivity contribution in [1.82, 2.24) is 9.62 Å². The Hall–Kier alpha value is -0.660. The highest BCUT2D eigenvalue weighted by Gasteiger charge is 2.35. The molecule has 0 bridgehead atoms. The Bertz CT molecular complexity index is 341. The van der Waals surface area contributed by atoms with Crippen LogP contribution in [0.5, 0.6) is 0 Å². The highest BCUT2D eigenvalue weighted by atomic mass is 32.2. The predicted molar refractivity (Wildman–Crippen MR) is 55.1 cm³/mol. The Balaban J connectivity index is 2.81. The molecule has 2 N–H and O–H groups in total. The third-order valence-electron chi connectivity index (χ3n) is 2.49. The molecule has 0 aromatic heterocycles. The Morgan fingerprint density at radius 2 is 2.20 bits per heavy atom. The van der Waals surface area contributed by atoms with Gasteiger partial charge in [0.05, 0.1) is 0 Å². The predicted octanol–water partition coefficient (Wildman–Crippen LogP) is -0.917. The van der Waals surface area contributed by atoms with Crippen molar-refractivity contribution in [3.05, 3.63) is 0 Å². The van der Waals surface area contributed by atoms with Crippen molar-refractivity contribution >= 4 is 16.0 Å². The summed E-state index contributed by atoms with van der Waals surface area (Å²) in [6, 6.07) is 0.0644. The van der Waals surface area contributed by atoms with Gasteiger partial charge in [0.1, 0.15) is 0 Å². The Morgan fingerprint density at radius 1 is 1.60 bits per heavy atom. The minimum absolute atomic E-state index is 0.0644. The van der Waals surface area contributed by atoms with Gasteiger partial charge in [-0.2, -0.15) is 4.31 Å². The maximum Gasteiger partial charge on any atom is 0.323 e. The highest BCUT2D eigenvalue weighted by Crippen LogP contribution is 2.11. The second-order valence-electron chi connectivity index (χ2n) is 3.74.